The lowest BCUT2D eigenvalue weighted by atomic mass is 10.2. The van der Waals surface area contributed by atoms with E-state index >= 15 is 0 Å². The first-order valence-corrected chi connectivity index (χ1v) is 9.09. The van der Waals surface area contributed by atoms with E-state index in [9.17, 15) is 12.6 Å². The van der Waals surface area contributed by atoms with E-state index in [0.29, 0.717) is 35.6 Å². The second-order valence-electron chi connectivity index (χ2n) is 4.77. The summed E-state index contributed by atoms with van der Waals surface area (Å²) in [4.78, 5) is 0.258. The lowest BCUT2D eigenvalue weighted by Gasteiger charge is -2.22. The Morgan fingerprint density at radius 1 is 1.32 bits per heavy atom. The van der Waals surface area contributed by atoms with Crippen LogP contribution in [0.2, 0.25) is 0 Å². The van der Waals surface area contributed by atoms with Crippen molar-refractivity contribution in [1.29, 1.82) is 0 Å². The molecule has 1 aliphatic heterocycles. The predicted molar refractivity (Wildman–Crippen MR) is 76.8 cm³/mol. The molecule has 0 spiro atoms. The molecule has 1 aromatic carbocycles. The summed E-state index contributed by atoms with van der Waals surface area (Å²) < 4.78 is 38.5. The highest BCUT2D eigenvalue weighted by Crippen LogP contribution is 2.19. The van der Waals surface area contributed by atoms with E-state index in [1.807, 2.05) is 0 Å². The van der Waals surface area contributed by atoms with Crippen molar-refractivity contribution >= 4 is 26.5 Å². The van der Waals surface area contributed by atoms with Crippen LogP contribution in [0.1, 0.15) is 18.4 Å². The van der Waals surface area contributed by atoms with Crippen LogP contribution >= 0.6 is 0 Å². The maximum Gasteiger partial charge on any atom is 0.241 e. The predicted octanol–water partition coefficient (Wildman–Crippen LogP) is 0.767. The van der Waals surface area contributed by atoms with Crippen LogP contribution in [-0.2, 0) is 20.8 Å². The Balaban J connectivity index is 2.16. The van der Waals surface area contributed by atoms with Gasteiger partial charge in [0.1, 0.15) is 0 Å². The van der Waals surface area contributed by atoms with Crippen LogP contribution < -0.4 is 10.5 Å². The van der Waals surface area contributed by atoms with E-state index in [1.54, 1.807) is 19.1 Å². The minimum Gasteiger partial charge on any atom is -0.399 e. The highest BCUT2D eigenvalue weighted by Gasteiger charge is 2.24. The summed E-state index contributed by atoms with van der Waals surface area (Å²) in [5.41, 5.74) is 6.80. The van der Waals surface area contributed by atoms with Crippen molar-refractivity contribution in [3.05, 3.63) is 23.8 Å². The summed E-state index contributed by atoms with van der Waals surface area (Å²) >= 11 is 0. The molecule has 1 heterocycles. The van der Waals surface area contributed by atoms with Crippen molar-refractivity contribution in [3.63, 3.8) is 0 Å². The summed E-state index contributed by atoms with van der Waals surface area (Å²) in [5.74, 6) is 1.13. The number of anilines is 1. The number of nitrogen functional groups attached to an aromatic ring is 1. The molecule has 0 saturated carbocycles. The van der Waals surface area contributed by atoms with Gasteiger partial charge in [-0.15, -0.1) is 0 Å². The average molecular weight is 302 g/mol. The Morgan fingerprint density at radius 2 is 1.95 bits per heavy atom. The van der Waals surface area contributed by atoms with Gasteiger partial charge in [-0.1, -0.05) is 0 Å². The maximum atomic E-state index is 12.3. The molecule has 1 aliphatic rings. The molecule has 0 unspecified atom stereocenters. The first-order valence-electron chi connectivity index (χ1n) is 6.12. The van der Waals surface area contributed by atoms with Gasteiger partial charge < -0.3 is 5.73 Å². The Kier molecular flexibility index (Phi) is 4.27. The molecular formula is C12H18N2O3S2. The van der Waals surface area contributed by atoms with Crippen LogP contribution in [0, 0.1) is 6.92 Å². The quantitative estimate of drug-likeness (QED) is 0.807. The van der Waals surface area contributed by atoms with Gasteiger partial charge in [-0.05, 0) is 43.5 Å². The average Bonchev–Trinajstić information content (AvgIpc) is 2.31. The SMILES string of the molecule is Cc1cc(N)ccc1S(=O)(=O)NC1CCS(=O)CC1. The van der Waals surface area contributed by atoms with Crippen molar-refractivity contribution in [1.82, 2.24) is 4.72 Å². The highest BCUT2D eigenvalue weighted by molar-refractivity contribution is 7.89. The molecule has 0 amide bonds. The van der Waals surface area contributed by atoms with Crippen LogP contribution in [0.5, 0.6) is 0 Å². The number of hydrogen-bond donors (Lipinski definition) is 2. The lowest BCUT2D eigenvalue weighted by molar-refractivity contribution is 0.521. The summed E-state index contributed by atoms with van der Waals surface area (Å²) in [6, 6.07) is 4.62. The van der Waals surface area contributed by atoms with E-state index in [1.165, 1.54) is 6.07 Å². The first-order chi connectivity index (χ1) is 8.88. The molecule has 1 aromatic rings. The van der Waals surface area contributed by atoms with Crippen LogP contribution in [0.25, 0.3) is 0 Å². The molecule has 0 radical (unpaired) electrons. The van der Waals surface area contributed by atoms with Crippen molar-refractivity contribution in [2.75, 3.05) is 17.2 Å². The number of hydrogen-bond acceptors (Lipinski definition) is 4. The fourth-order valence-electron chi connectivity index (χ4n) is 2.17. The third-order valence-electron chi connectivity index (χ3n) is 3.20. The second-order valence-corrected chi connectivity index (χ2v) is 8.15. The standard InChI is InChI=1S/C12H18N2O3S2/c1-9-8-10(13)2-3-12(9)19(16,17)14-11-4-6-18(15)7-5-11/h2-3,8,11,14H,4-7,13H2,1H3. The molecule has 1 fully saturated rings. The highest BCUT2D eigenvalue weighted by atomic mass is 32.2. The zero-order chi connectivity index (χ0) is 14.0. The molecule has 1 saturated heterocycles. The smallest absolute Gasteiger partial charge is 0.241 e. The zero-order valence-electron chi connectivity index (χ0n) is 10.8. The topological polar surface area (TPSA) is 89.3 Å². The van der Waals surface area contributed by atoms with Gasteiger partial charge in [-0.2, -0.15) is 0 Å². The van der Waals surface area contributed by atoms with E-state index in [0.717, 1.165) is 0 Å². The third-order valence-corrected chi connectivity index (χ3v) is 6.26. The molecule has 0 atom stereocenters. The Bertz CT molecular complexity index is 589. The van der Waals surface area contributed by atoms with Gasteiger partial charge in [0.25, 0.3) is 0 Å². The fraction of sp³-hybridized carbons (Fsp3) is 0.500. The number of sulfonamides is 1. The van der Waals surface area contributed by atoms with Crippen LogP contribution in [-0.4, -0.2) is 30.2 Å². The van der Waals surface area contributed by atoms with Gasteiger partial charge >= 0.3 is 0 Å². The van der Waals surface area contributed by atoms with Gasteiger partial charge in [0.05, 0.1) is 4.90 Å². The number of benzene rings is 1. The van der Waals surface area contributed by atoms with Crippen LogP contribution in [0.15, 0.2) is 23.1 Å². The third kappa shape index (κ3) is 3.55. The van der Waals surface area contributed by atoms with E-state index in [-0.39, 0.29) is 10.9 Å². The summed E-state index contributed by atoms with van der Waals surface area (Å²) in [6.45, 7) is 1.72. The Morgan fingerprint density at radius 3 is 2.53 bits per heavy atom. The fourth-order valence-corrected chi connectivity index (χ4v) is 5.00. The molecule has 2 rings (SSSR count). The maximum absolute atomic E-state index is 12.3. The molecule has 0 aromatic heterocycles. The molecule has 7 heteroatoms. The minimum atomic E-state index is -3.53. The number of rotatable bonds is 3. The van der Waals surface area contributed by atoms with Crippen molar-refractivity contribution < 1.29 is 12.6 Å². The Hall–Kier alpha value is -0.920. The van der Waals surface area contributed by atoms with Crippen molar-refractivity contribution in [3.8, 4) is 0 Å². The van der Waals surface area contributed by atoms with Crippen LogP contribution in [0.4, 0.5) is 5.69 Å². The van der Waals surface area contributed by atoms with E-state index in [2.05, 4.69) is 4.72 Å². The largest absolute Gasteiger partial charge is 0.399 e. The molecule has 19 heavy (non-hydrogen) atoms. The summed E-state index contributed by atoms with van der Waals surface area (Å²) in [5, 5.41) is 0. The molecule has 0 aliphatic carbocycles. The zero-order valence-corrected chi connectivity index (χ0v) is 12.4. The molecule has 5 nitrogen and oxygen atoms in total. The summed E-state index contributed by atoms with van der Waals surface area (Å²) in [7, 11) is -4.32. The van der Waals surface area contributed by atoms with Crippen LogP contribution in [0.3, 0.4) is 0 Å². The Labute approximate surface area is 116 Å². The van der Waals surface area contributed by atoms with Gasteiger partial charge in [0, 0.05) is 34.0 Å². The second kappa shape index (κ2) is 5.60. The van der Waals surface area contributed by atoms with E-state index < -0.39 is 20.8 Å². The molecular weight excluding hydrogens is 284 g/mol. The summed E-state index contributed by atoms with van der Waals surface area (Å²) in [6.07, 6.45) is 1.25. The molecule has 0 bridgehead atoms. The first kappa shape index (κ1) is 14.5. The lowest BCUT2D eigenvalue weighted by Crippen LogP contribution is -2.39. The number of nitrogens with one attached hydrogen (secondary N) is 1. The van der Waals surface area contributed by atoms with Crippen molar-refractivity contribution in [2.24, 2.45) is 0 Å². The van der Waals surface area contributed by atoms with Gasteiger partial charge in [0.15, 0.2) is 0 Å². The van der Waals surface area contributed by atoms with E-state index in [4.69, 9.17) is 5.73 Å². The normalized spacial score (nSPS) is 24.3. The van der Waals surface area contributed by atoms with Gasteiger partial charge in [-0.25, -0.2) is 13.1 Å². The van der Waals surface area contributed by atoms with Crippen molar-refractivity contribution in [2.45, 2.75) is 30.7 Å². The van der Waals surface area contributed by atoms with Gasteiger partial charge in [0.2, 0.25) is 10.0 Å². The number of nitrogens with two attached hydrogens (primary N) is 1. The molecule has 3 N–H and O–H groups in total. The van der Waals surface area contributed by atoms with Gasteiger partial charge in [-0.3, -0.25) is 4.21 Å². The monoisotopic (exact) mass is 302 g/mol. The molecule has 106 valence electrons. The minimum absolute atomic E-state index is 0.125. The number of aryl methyl sites for hydroxylation is 1.